The first-order valence-electron chi connectivity index (χ1n) is 6.66. The minimum Gasteiger partial charge on any atom is -0.395 e. The number of hydrogen-bond acceptors (Lipinski definition) is 4. The number of aliphatic hydroxyl groups excluding tert-OH is 1. The Hall–Kier alpha value is -1.42. The van der Waals surface area contributed by atoms with Crippen molar-refractivity contribution in [3.05, 3.63) is 35.4 Å². The van der Waals surface area contributed by atoms with Crippen LogP contribution < -0.4 is 0 Å². The maximum absolute atomic E-state index is 12.4. The summed E-state index contributed by atoms with van der Waals surface area (Å²) in [6, 6.07) is 8.59. The molecule has 108 valence electrons. The molecule has 1 fully saturated rings. The van der Waals surface area contributed by atoms with Crippen LogP contribution in [0.15, 0.2) is 24.3 Å². The van der Waals surface area contributed by atoms with Crippen LogP contribution in [0.3, 0.4) is 0 Å². The first-order chi connectivity index (χ1) is 9.56. The molecule has 0 amide bonds. The summed E-state index contributed by atoms with van der Waals surface area (Å²) >= 11 is 0. The highest BCUT2D eigenvalue weighted by atomic mass is 32.2. The number of sulfonamides is 1. The smallest absolute Gasteiger partial charge is 0.218 e. The first-order valence-corrected chi connectivity index (χ1v) is 8.27. The molecule has 2 rings (SSSR count). The van der Waals surface area contributed by atoms with Gasteiger partial charge in [0.1, 0.15) is 0 Å². The van der Waals surface area contributed by atoms with Crippen LogP contribution in [0.4, 0.5) is 0 Å². The second-order valence-corrected chi connectivity index (χ2v) is 6.91. The molecule has 0 atom stereocenters. The van der Waals surface area contributed by atoms with Crippen molar-refractivity contribution in [1.29, 1.82) is 5.26 Å². The molecular weight excluding hydrogens is 276 g/mol. The SMILES string of the molecule is N#Cc1ccc(CS(=O)(=O)N(CCO)C2CCC2)cc1. The summed E-state index contributed by atoms with van der Waals surface area (Å²) in [5.74, 6) is -0.0881. The van der Waals surface area contributed by atoms with E-state index in [4.69, 9.17) is 10.4 Å². The Morgan fingerprint density at radius 2 is 1.95 bits per heavy atom. The highest BCUT2D eigenvalue weighted by Crippen LogP contribution is 2.28. The summed E-state index contributed by atoms with van der Waals surface area (Å²) in [4.78, 5) is 0. The zero-order valence-corrected chi connectivity index (χ0v) is 12.0. The number of aliphatic hydroxyl groups is 1. The fourth-order valence-electron chi connectivity index (χ4n) is 2.29. The van der Waals surface area contributed by atoms with Gasteiger partial charge in [-0.05, 0) is 30.5 Å². The van der Waals surface area contributed by atoms with Gasteiger partial charge in [-0.2, -0.15) is 9.57 Å². The van der Waals surface area contributed by atoms with Crippen molar-refractivity contribution in [2.45, 2.75) is 31.1 Å². The number of nitriles is 1. The Morgan fingerprint density at radius 3 is 2.40 bits per heavy atom. The van der Waals surface area contributed by atoms with E-state index in [1.54, 1.807) is 24.3 Å². The lowest BCUT2D eigenvalue weighted by atomic mass is 9.93. The minimum atomic E-state index is -3.43. The van der Waals surface area contributed by atoms with Crippen LogP contribution in [0.5, 0.6) is 0 Å². The van der Waals surface area contributed by atoms with Gasteiger partial charge in [0.2, 0.25) is 10.0 Å². The molecule has 1 saturated carbocycles. The molecule has 6 heteroatoms. The summed E-state index contributed by atoms with van der Waals surface area (Å²) in [6.07, 6.45) is 2.78. The van der Waals surface area contributed by atoms with Gasteiger partial charge >= 0.3 is 0 Å². The van der Waals surface area contributed by atoms with Crippen LogP contribution in [0.25, 0.3) is 0 Å². The van der Waals surface area contributed by atoms with Gasteiger partial charge < -0.3 is 5.11 Å². The quantitative estimate of drug-likeness (QED) is 0.855. The van der Waals surface area contributed by atoms with Crippen molar-refractivity contribution >= 4 is 10.0 Å². The monoisotopic (exact) mass is 294 g/mol. The second kappa shape index (κ2) is 6.35. The van der Waals surface area contributed by atoms with Crippen LogP contribution >= 0.6 is 0 Å². The van der Waals surface area contributed by atoms with Gasteiger partial charge in [0.25, 0.3) is 0 Å². The van der Waals surface area contributed by atoms with E-state index in [2.05, 4.69) is 0 Å². The molecule has 0 heterocycles. The third kappa shape index (κ3) is 3.37. The molecule has 0 radical (unpaired) electrons. The largest absolute Gasteiger partial charge is 0.395 e. The van der Waals surface area contributed by atoms with Crippen molar-refractivity contribution < 1.29 is 13.5 Å². The highest BCUT2D eigenvalue weighted by molar-refractivity contribution is 7.88. The minimum absolute atomic E-state index is 0.0329. The summed E-state index contributed by atoms with van der Waals surface area (Å²) in [7, 11) is -3.43. The van der Waals surface area contributed by atoms with Crippen LogP contribution in [0, 0.1) is 11.3 Å². The first kappa shape index (κ1) is 15.0. The molecule has 0 aromatic heterocycles. The van der Waals surface area contributed by atoms with E-state index in [0.717, 1.165) is 19.3 Å². The molecule has 20 heavy (non-hydrogen) atoms. The molecule has 1 aliphatic carbocycles. The molecule has 1 aromatic rings. The third-order valence-electron chi connectivity index (χ3n) is 3.59. The fourth-order valence-corrected chi connectivity index (χ4v) is 4.10. The molecule has 1 N–H and O–H groups in total. The summed E-state index contributed by atoms with van der Waals surface area (Å²) in [5.41, 5.74) is 1.17. The van der Waals surface area contributed by atoms with Gasteiger partial charge in [-0.1, -0.05) is 18.6 Å². The number of rotatable bonds is 6. The predicted octanol–water partition coefficient (Wildman–Crippen LogP) is 1.23. The summed E-state index contributed by atoms with van der Waals surface area (Å²) in [5, 5.41) is 17.8. The lowest BCUT2D eigenvalue weighted by Crippen LogP contribution is -2.46. The summed E-state index contributed by atoms with van der Waals surface area (Å²) < 4.78 is 26.3. The normalized spacial score (nSPS) is 15.8. The standard InChI is InChI=1S/C14H18N2O3S/c15-10-12-4-6-13(7-5-12)11-20(18,19)16(8-9-17)14-2-1-3-14/h4-7,14,17H,1-3,8-9,11H2. The molecular formula is C14H18N2O3S. The van der Waals surface area contributed by atoms with Crippen LogP contribution in [-0.4, -0.2) is 37.0 Å². The molecule has 0 aliphatic heterocycles. The Kier molecular flexibility index (Phi) is 4.76. The van der Waals surface area contributed by atoms with Gasteiger partial charge in [-0.15, -0.1) is 0 Å². The fraction of sp³-hybridized carbons (Fsp3) is 0.500. The third-order valence-corrected chi connectivity index (χ3v) is 5.49. The second-order valence-electron chi connectivity index (χ2n) is 4.98. The van der Waals surface area contributed by atoms with Crippen LogP contribution in [-0.2, 0) is 15.8 Å². The van der Waals surface area contributed by atoms with Crippen LogP contribution in [0.2, 0.25) is 0 Å². The van der Waals surface area contributed by atoms with E-state index in [1.807, 2.05) is 6.07 Å². The van der Waals surface area contributed by atoms with E-state index in [1.165, 1.54) is 4.31 Å². The van der Waals surface area contributed by atoms with E-state index < -0.39 is 10.0 Å². The number of hydrogen-bond donors (Lipinski definition) is 1. The van der Waals surface area contributed by atoms with Gasteiger partial charge in [0, 0.05) is 12.6 Å². The van der Waals surface area contributed by atoms with E-state index >= 15 is 0 Å². The van der Waals surface area contributed by atoms with Crippen molar-refractivity contribution in [2.75, 3.05) is 13.2 Å². The Balaban J connectivity index is 2.13. The average molecular weight is 294 g/mol. The zero-order valence-electron chi connectivity index (χ0n) is 11.2. The predicted molar refractivity (Wildman–Crippen MR) is 75.2 cm³/mol. The lowest BCUT2D eigenvalue weighted by molar-refractivity contribution is 0.178. The van der Waals surface area contributed by atoms with Gasteiger partial charge in [0.05, 0.1) is 24.0 Å². The Bertz CT molecular complexity index is 586. The van der Waals surface area contributed by atoms with E-state index in [9.17, 15) is 8.42 Å². The maximum Gasteiger partial charge on any atom is 0.218 e. The molecule has 0 saturated heterocycles. The number of benzene rings is 1. The highest BCUT2D eigenvalue weighted by Gasteiger charge is 2.33. The Labute approximate surface area is 119 Å². The van der Waals surface area contributed by atoms with Gasteiger partial charge in [0.15, 0.2) is 0 Å². The van der Waals surface area contributed by atoms with Crippen LogP contribution in [0.1, 0.15) is 30.4 Å². The average Bonchev–Trinajstić information content (AvgIpc) is 2.36. The van der Waals surface area contributed by atoms with E-state index in [0.29, 0.717) is 11.1 Å². The van der Waals surface area contributed by atoms with Crippen molar-refractivity contribution in [3.63, 3.8) is 0 Å². The molecule has 0 spiro atoms. The van der Waals surface area contributed by atoms with Crippen molar-refractivity contribution in [2.24, 2.45) is 0 Å². The zero-order chi connectivity index (χ0) is 14.6. The lowest BCUT2D eigenvalue weighted by Gasteiger charge is -2.36. The molecule has 1 aromatic carbocycles. The van der Waals surface area contributed by atoms with Crippen molar-refractivity contribution in [3.8, 4) is 6.07 Å². The Morgan fingerprint density at radius 1 is 1.30 bits per heavy atom. The maximum atomic E-state index is 12.4. The molecule has 0 unspecified atom stereocenters. The van der Waals surface area contributed by atoms with Gasteiger partial charge in [-0.25, -0.2) is 8.42 Å². The van der Waals surface area contributed by atoms with Gasteiger partial charge in [-0.3, -0.25) is 0 Å². The topological polar surface area (TPSA) is 81.4 Å². The molecule has 0 bridgehead atoms. The number of nitrogens with zero attached hydrogens (tertiary/aromatic N) is 2. The molecule has 5 nitrogen and oxygen atoms in total. The molecule has 1 aliphatic rings. The summed E-state index contributed by atoms with van der Waals surface area (Å²) in [6.45, 7) is -0.00756. The van der Waals surface area contributed by atoms with E-state index in [-0.39, 0.29) is 24.9 Å². The van der Waals surface area contributed by atoms with Crippen molar-refractivity contribution in [1.82, 2.24) is 4.31 Å².